The molecule has 0 aliphatic heterocycles. The Balaban J connectivity index is 2.63. The molecule has 1 aromatic heterocycles. The zero-order valence-electron chi connectivity index (χ0n) is 9.68. The number of carboxylic acids is 1. The summed E-state index contributed by atoms with van der Waals surface area (Å²) in [5, 5.41) is 16.2. The van der Waals surface area contributed by atoms with E-state index in [0.29, 0.717) is 0 Å². The minimum absolute atomic E-state index is 0.103. The maximum absolute atomic E-state index is 13.2. The maximum Gasteiger partial charge on any atom is 0.358 e. The van der Waals surface area contributed by atoms with Gasteiger partial charge in [-0.25, -0.2) is 18.3 Å². The Bertz CT molecular complexity index is 652. The third-order valence-corrected chi connectivity index (χ3v) is 2.43. The van der Waals surface area contributed by atoms with Gasteiger partial charge in [-0.05, 0) is 18.2 Å². The summed E-state index contributed by atoms with van der Waals surface area (Å²) in [5.74, 6) is -3.38. The number of nitrogens with zero attached hydrogens (tertiary/aromatic N) is 3. The van der Waals surface area contributed by atoms with Crippen molar-refractivity contribution >= 4 is 5.97 Å². The molecule has 0 spiro atoms. The van der Waals surface area contributed by atoms with Crippen LogP contribution in [0.2, 0.25) is 0 Å². The Morgan fingerprint density at radius 2 is 2.16 bits per heavy atom. The Morgan fingerprint density at radius 3 is 2.74 bits per heavy atom. The molecule has 7 heteroatoms. The predicted octanol–water partition coefficient (Wildman–Crippen LogP) is 2.11. The molecule has 2 aromatic rings. The van der Waals surface area contributed by atoms with Crippen LogP contribution in [0.3, 0.4) is 0 Å². The summed E-state index contributed by atoms with van der Waals surface area (Å²) >= 11 is 0. The van der Waals surface area contributed by atoms with Gasteiger partial charge in [0.2, 0.25) is 0 Å². The first kappa shape index (κ1) is 12.9. The van der Waals surface area contributed by atoms with Gasteiger partial charge in [0, 0.05) is 5.56 Å². The highest BCUT2D eigenvalue weighted by Crippen LogP contribution is 2.24. The van der Waals surface area contributed by atoms with Crippen molar-refractivity contribution < 1.29 is 18.7 Å². The van der Waals surface area contributed by atoms with E-state index in [0.717, 1.165) is 12.1 Å². The highest BCUT2D eigenvalue weighted by atomic mass is 19.2. The lowest BCUT2D eigenvalue weighted by Gasteiger charge is -2.05. The minimum atomic E-state index is -1.30. The van der Waals surface area contributed by atoms with E-state index in [1.54, 1.807) is 0 Å². The van der Waals surface area contributed by atoms with E-state index in [1.807, 2.05) is 0 Å². The van der Waals surface area contributed by atoms with Gasteiger partial charge in [-0.2, -0.15) is 0 Å². The molecule has 1 aromatic carbocycles. The fourth-order valence-corrected chi connectivity index (χ4v) is 1.64. The molecular formula is C12H9F2N3O2. The number of carboxylic acid groups (broad SMARTS) is 1. The summed E-state index contributed by atoms with van der Waals surface area (Å²) in [6.45, 7) is 3.71. The molecule has 0 amide bonds. The van der Waals surface area contributed by atoms with Crippen molar-refractivity contribution in [2.75, 3.05) is 0 Å². The van der Waals surface area contributed by atoms with Crippen LogP contribution in [0.15, 0.2) is 30.9 Å². The number of hydrogen-bond donors (Lipinski definition) is 1. The summed E-state index contributed by atoms with van der Waals surface area (Å²) < 4.78 is 27.4. The average Bonchev–Trinajstić information content (AvgIpc) is 2.77. The molecular weight excluding hydrogens is 256 g/mol. The Kier molecular flexibility index (Phi) is 3.37. The van der Waals surface area contributed by atoms with Crippen LogP contribution in [-0.2, 0) is 6.54 Å². The molecule has 0 saturated heterocycles. The number of benzene rings is 1. The topological polar surface area (TPSA) is 68.0 Å². The number of hydrogen-bond acceptors (Lipinski definition) is 3. The smallest absolute Gasteiger partial charge is 0.358 e. The van der Waals surface area contributed by atoms with Crippen LogP contribution in [0.5, 0.6) is 0 Å². The molecule has 2 rings (SSSR count). The number of aromatic nitrogens is 3. The highest BCUT2D eigenvalue weighted by molar-refractivity contribution is 5.92. The number of carbonyl (C=O) groups is 1. The van der Waals surface area contributed by atoms with Gasteiger partial charge in [0.15, 0.2) is 17.3 Å². The van der Waals surface area contributed by atoms with Crippen molar-refractivity contribution in [1.82, 2.24) is 15.0 Å². The molecule has 0 atom stereocenters. The molecule has 0 fully saturated rings. The van der Waals surface area contributed by atoms with E-state index >= 15 is 0 Å². The second kappa shape index (κ2) is 4.97. The molecule has 0 aliphatic carbocycles. The largest absolute Gasteiger partial charge is 0.476 e. The second-order valence-corrected chi connectivity index (χ2v) is 3.69. The summed E-state index contributed by atoms with van der Waals surface area (Å²) in [5.41, 5.74) is -0.0395. The first-order chi connectivity index (χ1) is 9.04. The SMILES string of the molecule is C=CCn1nnc(C(=O)O)c1-c1ccc(F)c(F)c1. The zero-order chi connectivity index (χ0) is 14.0. The third kappa shape index (κ3) is 2.35. The fourth-order valence-electron chi connectivity index (χ4n) is 1.64. The van der Waals surface area contributed by atoms with Gasteiger partial charge >= 0.3 is 5.97 Å². The van der Waals surface area contributed by atoms with E-state index in [4.69, 9.17) is 5.11 Å². The van der Waals surface area contributed by atoms with Crippen molar-refractivity contribution in [3.05, 3.63) is 48.2 Å². The number of aromatic carboxylic acids is 1. The van der Waals surface area contributed by atoms with Gasteiger partial charge in [-0.3, -0.25) is 0 Å². The van der Waals surface area contributed by atoms with E-state index in [-0.39, 0.29) is 23.5 Å². The quantitative estimate of drug-likeness (QED) is 0.860. The molecule has 0 unspecified atom stereocenters. The van der Waals surface area contributed by atoms with Crippen molar-refractivity contribution in [3.8, 4) is 11.3 Å². The van der Waals surface area contributed by atoms with E-state index < -0.39 is 17.6 Å². The number of halogens is 2. The van der Waals surface area contributed by atoms with E-state index in [1.165, 1.54) is 16.8 Å². The van der Waals surface area contributed by atoms with Crippen LogP contribution in [0.4, 0.5) is 8.78 Å². The van der Waals surface area contributed by atoms with Crippen LogP contribution in [0.1, 0.15) is 10.5 Å². The summed E-state index contributed by atoms with van der Waals surface area (Å²) in [6, 6.07) is 3.09. The zero-order valence-corrected chi connectivity index (χ0v) is 9.68. The molecule has 1 N–H and O–H groups in total. The molecule has 98 valence electrons. The third-order valence-electron chi connectivity index (χ3n) is 2.43. The molecule has 0 saturated carbocycles. The molecule has 0 bridgehead atoms. The van der Waals surface area contributed by atoms with Crippen LogP contribution in [0, 0.1) is 11.6 Å². The van der Waals surface area contributed by atoms with Gasteiger partial charge < -0.3 is 5.11 Å². The monoisotopic (exact) mass is 265 g/mol. The van der Waals surface area contributed by atoms with Gasteiger partial charge in [-0.1, -0.05) is 11.3 Å². The first-order valence-corrected chi connectivity index (χ1v) is 5.27. The molecule has 0 radical (unpaired) electrons. The molecule has 19 heavy (non-hydrogen) atoms. The second-order valence-electron chi connectivity index (χ2n) is 3.69. The lowest BCUT2D eigenvalue weighted by atomic mass is 10.1. The van der Waals surface area contributed by atoms with Gasteiger partial charge in [-0.15, -0.1) is 11.7 Å². The first-order valence-electron chi connectivity index (χ1n) is 5.27. The Labute approximate surface area is 106 Å². The standard InChI is InChI=1S/C12H9F2N3O2/c1-2-5-17-11(10(12(18)19)15-16-17)7-3-4-8(13)9(14)6-7/h2-4,6H,1,5H2,(H,18,19). The van der Waals surface area contributed by atoms with E-state index in [2.05, 4.69) is 16.9 Å². The summed E-state index contributed by atoms with van der Waals surface area (Å²) in [7, 11) is 0. The van der Waals surface area contributed by atoms with Crippen molar-refractivity contribution in [2.45, 2.75) is 6.54 Å². The number of allylic oxidation sites excluding steroid dienone is 1. The van der Waals surface area contributed by atoms with Gasteiger partial charge in [0.1, 0.15) is 5.69 Å². The predicted molar refractivity (Wildman–Crippen MR) is 62.5 cm³/mol. The van der Waals surface area contributed by atoms with Gasteiger partial charge in [0.05, 0.1) is 6.54 Å². The maximum atomic E-state index is 13.2. The molecule has 0 aliphatic rings. The average molecular weight is 265 g/mol. The summed E-state index contributed by atoms with van der Waals surface area (Å²) in [6.07, 6.45) is 1.49. The Morgan fingerprint density at radius 1 is 1.42 bits per heavy atom. The summed E-state index contributed by atoms with van der Waals surface area (Å²) in [4.78, 5) is 11.1. The number of rotatable bonds is 4. The van der Waals surface area contributed by atoms with Gasteiger partial charge in [0.25, 0.3) is 0 Å². The Hall–Kier alpha value is -2.57. The van der Waals surface area contributed by atoms with Crippen LogP contribution >= 0.6 is 0 Å². The van der Waals surface area contributed by atoms with Crippen LogP contribution < -0.4 is 0 Å². The van der Waals surface area contributed by atoms with E-state index in [9.17, 15) is 13.6 Å². The lowest BCUT2D eigenvalue weighted by molar-refractivity contribution is 0.0691. The normalized spacial score (nSPS) is 10.4. The van der Waals surface area contributed by atoms with Crippen LogP contribution in [0.25, 0.3) is 11.3 Å². The fraction of sp³-hybridized carbons (Fsp3) is 0.0833. The minimum Gasteiger partial charge on any atom is -0.476 e. The molecule has 5 nitrogen and oxygen atoms in total. The van der Waals surface area contributed by atoms with Crippen LogP contribution in [-0.4, -0.2) is 26.1 Å². The highest BCUT2D eigenvalue weighted by Gasteiger charge is 2.21. The molecule has 1 heterocycles. The van der Waals surface area contributed by atoms with Crippen molar-refractivity contribution in [2.24, 2.45) is 0 Å². The lowest BCUT2D eigenvalue weighted by Crippen LogP contribution is -2.04. The van der Waals surface area contributed by atoms with Crippen molar-refractivity contribution in [1.29, 1.82) is 0 Å². The van der Waals surface area contributed by atoms with Crippen molar-refractivity contribution in [3.63, 3.8) is 0 Å².